The van der Waals surface area contributed by atoms with Gasteiger partial charge < -0.3 is 9.47 Å². The number of methoxy groups -OCH3 is 2. The van der Waals surface area contributed by atoms with Gasteiger partial charge in [-0.2, -0.15) is 0 Å². The van der Waals surface area contributed by atoms with Crippen LogP contribution in [0.1, 0.15) is 6.42 Å². The summed E-state index contributed by atoms with van der Waals surface area (Å²) in [5.41, 5.74) is 0. The van der Waals surface area contributed by atoms with Crippen molar-refractivity contribution in [2.24, 2.45) is 5.92 Å². The zero-order valence-electron chi connectivity index (χ0n) is 8.30. The Balaban J connectivity index is 4.30. The van der Waals surface area contributed by atoms with E-state index in [1.54, 1.807) is 0 Å². The van der Waals surface area contributed by atoms with Gasteiger partial charge in [0.25, 0.3) is 0 Å². The molecule has 0 rings (SSSR count). The molecule has 1 atom stereocenters. The lowest BCUT2D eigenvalue weighted by molar-refractivity contribution is -0.153. The molecule has 0 aromatic carbocycles. The van der Waals surface area contributed by atoms with E-state index in [2.05, 4.69) is 14.0 Å². The maximum Gasteiger partial charge on any atom is 0.468 e. The van der Waals surface area contributed by atoms with E-state index in [-0.39, 0.29) is 6.42 Å². The molecule has 0 fully saturated rings. The van der Waals surface area contributed by atoms with Crippen LogP contribution >= 0.6 is 7.91 Å². The van der Waals surface area contributed by atoms with E-state index in [1.807, 2.05) is 0 Å². The highest BCUT2D eigenvalue weighted by atomic mass is 31.1. The fourth-order valence-electron chi connectivity index (χ4n) is 0.812. The van der Waals surface area contributed by atoms with Crippen molar-refractivity contribution in [3.63, 3.8) is 0 Å². The van der Waals surface area contributed by atoms with E-state index in [1.165, 1.54) is 0 Å². The van der Waals surface area contributed by atoms with E-state index in [9.17, 15) is 18.7 Å². The van der Waals surface area contributed by atoms with E-state index >= 15 is 0 Å². The van der Waals surface area contributed by atoms with Gasteiger partial charge in [0.05, 0.1) is 33.2 Å². The molecule has 0 bridgehead atoms. The Morgan fingerprint density at radius 1 is 1.20 bits per heavy atom. The lowest BCUT2D eigenvalue weighted by Gasteiger charge is -2.10. The molecule has 0 saturated carbocycles. The van der Waals surface area contributed by atoms with Crippen LogP contribution in [0.3, 0.4) is 0 Å². The van der Waals surface area contributed by atoms with Gasteiger partial charge in [0.2, 0.25) is 0 Å². The highest BCUT2D eigenvalue weighted by Gasteiger charge is 2.24. The maximum absolute atomic E-state index is 11.1. The van der Waals surface area contributed by atoms with Gasteiger partial charge >= 0.3 is 19.8 Å². The molecule has 0 aliphatic carbocycles. The summed E-state index contributed by atoms with van der Waals surface area (Å²) in [6, 6.07) is 0. The van der Waals surface area contributed by atoms with Crippen LogP contribution in [0, 0.1) is 5.92 Å². The molecule has 0 radical (unpaired) electrons. The fourth-order valence-corrected chi connectivity index (χ4v) is 1.11. The Hall–Kier alpha value is -1.20. The zero-order chi connectivity index (χ0) is 11.8. The van der Waals surface area contributed by atoms with Crippen LogP contribution in [-0.2, 0) is 32.7 Å². The molecule has 86 valence electrons. The molecular formula is C7H11O7P. The number of hydrogen-bond donors (Lipinski definition) is 0. The van der Waals surface area contributed by atoms with Gasteiger partial charge in [0, 0.05) is 0 Å². The van der Waals surface area contributed by atoms with Crippen LogP contribution in [0.25, 0.3) is 0 Å². The second kappa shape index (κ2) is 7.14. The van der Waals surface area contributed by atoms with Crippen molar-refractivity contribution in [2.45, 2.75) is 6.42 Å². The van der Waals surface area contributed by atoms with Gasteiger partial charge in [-0.15, -0.1) is 0 Å². The minimum Gasteiger partial charge on any atom is -0.469 e. The first-order chi connectivity index (χ1) is 7.01. The Morgan fingerprint density at radius 3 is 2.20 bits per heavy atom. The minimum absolute atomic E-state index is 0.285. The number of rotatable bonds is 6. The second-order valence-corrected chi connectivity index (χ2v) is 3.23. The van der Waals surface area contributed by atoms with Crippen LogP contribution in [0.5, 0.6) is 0 Å². The first-order valence-electron chi connectivity index (χ1n) is 3.93. The zero-order valence-corrected chi connectivity index (χ0v) is 9.19. The largest absolute Gasteiger partial charge is 0.469 e. The summed E-state index contributed by atoms with van der Waals surface area (Å²) < 4.78 is 33.1. The minimum atomic E-state index is -3.05. The highest BCUT2D eigenvalue weighted by molar-refractivity contribution is 7.24. The third kappa shape index (κ3) is 5.98. The molecule has 1 unspecified atom stereocenters. The van der Waals surface area contributed by atoms with E-state index in [0.717, 1.165) is 14.2 Å². The monoisotopic (exact) mass is 238 g/mol. The summed E-state index contributed by atoms with van der Waals surface area (Å²) in [5, 5.41) is 0. The van der Waals surface area contributed by atoms with Crippen molar-refractivity contribution in [3.05, 3.63) is 0 Å². The van der Waals surface area contributed by atoms with Crippen molar-refractivity contribution in [3.8, 4) is 0 Å². The first-order valence-corrected chi connectivity index (χ1v) is 5.02. The molecule has 0 aliphatic heterocycles. The highest BCUT2D eigenvalue weighted by Crippen LogP contribution is 2.13. The normalized spacial score (nSPS) is 11.6. The predicted molar refractivity (Wildman–Crippen MR) is 46.4 cm³/mol. The van der Waals surface area contributed by atoms with Gasteiger partial charge in [-0.25, -0.2) is 9.13 Å². The summed E-state index contributed by atoms with van der Waals surface area (Å²) in [5.74, 6) is -2.34. The third-order valence-electron chi connectivity index (χ3n) is 1.56. The summed E-state index contributed by atoms with van der Waals surface area (Å²) in [6.45, 7) is -0.430. The van der Waals surface area contributed by atoms with Crippen molar-refractivity contribution in [1.29, 1.82) is 0 Å². The number of carbonyl (C=O) groups excluding carboxylic acids is 2. The van der Waals surface area contributed by atoms with Crippen LogP contribution in [0.4, 0.5) is 0 Å². The molecule has 0 spiro atoms. The van der Waals surface area contributed by atoms with Gasteiger partial charge in [-0.05, 0) is 0 Å². The molecule has 0 saturated heterocycles. The Labute approximate surface area is 86.6 Å². The van der Waals surface area contributed by atoms with Gasteiger partial charge in [-0.3, -0.25) is 14.1 Å². The smallest absolute Gasteiger partial charge is 0.468 e. The van der Waals surface area contributed by atoms with Crippen LogP contribution < -0.4 is 0 Å². The van der Waals surface area contributed by atoms with E-state index in [4.69, 9.17) is 0 Å². The molecule has 0 heterocycles. The lowest BCUT2D eigenvalue weighted by Crippen LogP contribution is -2.24. The summed E-state index contributed by atoms with van der Waals surface area (Å²) in [6.07, 6.45) is -0.285. The summed E-state index contributed by atoms with van der Waals surface area (Å²) >= 11 is 0. The standard InChI is InChI=1S/C7H11O7P/c1-12-6(8)3-5(7(9)13-2)4-14-15(10)11/h5H,3-4H2,1-2H3. The predicted octanol–water partition coefficient (Wildman–Crippen LogP) is 0.443. The van der Waals surface area contributed by atoms with Crippen molar-refractivity contribution >= 4 is 19.8 Å². The van der Waals surface area contributed by atoms with E-state index in [0.29, 0.717) is 0 Å². The SMILES string of the molecule is COC(=O)CC(COP(=O)=O)C(=O)OC. The molecule has 0 aromatic heterocycles. The third-order valence-corrected chi connectivity index (χ3v) is 1.92. The summed E-state index contributed by atoms with van der Waals surface area (Å²) in [7, 11) is -0.765. The molecular weight excluding hydrogens is 227 g/mol. The molecule has 0 aliphatic rings. The summed E-state index contributed by atoms with van der Waals surface area (Å²) in [4.78, 5) is 21.9. The molecule has 0 N–H and O–H groups in total. The quantitative estimate of drug-likeness (QED) is 0.489. The average Bonchev–Trinajstić information content (AvgIpc) is 2.22. The Kier molecular flexibility index (Phi) is 6.57. The molecule has 0 aromatic rings. The maximum atomic E-state index is 11.1. The first kappa shape index (κ1) is 13.8. The Morgan fingerprint density at radius 2 is 1.80 bits per heavy atom. The molecule has 15 heavy (non-hydrogen) atoms. The van der Waals surface area contributed by atoms with Crippen LogP contribution in [0.15, 0.2) is 0 Å². The number of ether oxygens (including phenoxy) is 2. The lowest BCUT2D eigenvalue weighted by atomic mass is 10.1. The average molecular weight is 238 g/mol. The van der Waals surface area contributed by atoms with Gasteiger partial charge in [0.1, 0.15) is 0 Å². The number of esters is 2. The van der Waals surface area contributed by atoms with Crippen LogP contribution in [-0.4, -0.2) is 32.8 Å². The molecule has 8 heteroatoms. The van der Waals surface area contributed by atoms with Crippen molar-refractivity contribution in [2.75, 3.05) is 20.8 Å². The topological polar surface area (TPSA) is 96.0 Å². The number of carbonyl (C=O) groups is 2. The molecule has 0 amide bonds. The second-order valence-electron chi connectivity index (χ2n) is 2.52. The Bertz CT molecular complexity index is 288. The van der Waals surface area contributed by atoms with Gasteiger partial charge in [0.15, 0.2) is 0 Å². The number of hydrogen-bond acceptors (Lipinski definition) is 7. The van der Waals surface area contributed by atoms with Crippen molar-refractivity contribution < 1.29 is 32.7 Å². The van der Waals surface area contributed by atoms with Crippen LogP contribution in [0.2, 0.25) is 0 Å². The van der Waals surface area contributed by atoms with Gasteiger partial charge in [-0.1, -0.05) is 0 Å². The van der Waals surface area contributed by atoms with E-state index < -0.39 is 32.4 Å². The van der Waals surface area contributed by atoms with Crippen molar-refractivity contribution in [1.82, 2.24) is 0 Å². The fraction of sp³-hybridized carbons (Fsp3) is 0.714. The molecule has 7 nitrogen and oxygen atoms in total.